The summed E-state index contributed by atoms with van der Waals surface area (Å²) in [6.07, 6.45) is 0. The van der Waals surface area contributed by atoms with Gasteiger partial charge in [-0.3, -0.25) is 0 Å². The van der Waals surface area contributed by atoms with Crippen LogP contribution in [0.5, 0.6) is 0 Å². The van der Waals surface area contributed by atoms with Crippen molar-refractivity contribution in [1.82, 2.24) is 4.98 Å². The van der Waals surface area contributed by atoms with Crippen molar-refractivity contribution >= 4 is 27.5 Å². The molecule has 0 unspecified atom stereocenters. The Morgan fingerprint density at radius 1 is 1.14 bits per heavy atom. The molecule has 0 fully saturated rings. The monoisotopic (exact) mass is 297 g/mol. The van der Waals surface area contributed by atoms with E-state index in [0.717, 1.165) is 26.4 Å². The van der Waals surface area contributed by atoms with Crippen molar-refractivity contribution in [3.63, 3.8) is 0 Å². The van der Waals surface area contributed by atoms with Gasteiger partial charge in [0, 0.05) is 0 Å². The first-order valence-corrected chi connectivity index (χ1v) is 7.54. The molecule has 1 heterocycles. The molecule has 0 spiro atoms. The molecule has 0 aliphatic heterocycles. The summed E-state index contributed by atoms with van der Waals surface area (Å²) < 4.78 is 6.45. The number of hydrogen-bond donors (Lipinski definition) is 0. The largest absolute Gasteiger partial charge is 0.455 e. The smallest absolute Gasteiger partial charge is 0.338 e. The standard InChI is InChI=1S/C17H15NO2S/c1-11-7-8-13(9-12(11)2)17(19)20-10-16-18-14-5-3-4-6-15(14)21-16/h3-9H,10H2,1-2H3. The first-order chi connectivity index (χ1) is 10.1. The number of ether oxygens (including phenoxy) is 1. The van der Waals surface area contributed by atoms with E-state index in [2.05, 4.69) is 4.98 Å². The lowest BCUT2D eigenvalue weighted by molar-refractivity contribution is 0.0472. The van der Waals surface area contributed by atoms with Gasteiger partial charge in [-0.1, -0.05) is 18.2 Å². The topological polar surface area (TPSA) is 39.2 Å². The lowest BCUT2D eigenvalue weighted by Crippen LogP contribution is -2.05. The Morgan fingerprint density at radius 2 is 1.95 bits per heavy atom. The maximum atomic E-state index is 12.1. The van der Waals surface area contributed by atoms with Crippen molar-refractivity contribution in [2.75, 3.05) is 0 Å². The van der Waals surface area contributed by atoms with E-state index >= 15 is 0 Å². The fourth-order valence-electron chi connectivity index (χ4n) is 2.06. The van der Waals surface area contributed by atoms with Crippen LogP contribution in [0.15, 0.2) is 42.5 Å². The molecule has 3 nitrogen and oxygen atoms in total. The summed E-state index contributed by atoms with van der Waals surface area (Å²) in [6, 6.07) is 13.5. The highest BCUT2D eigenvalue weighted by atomic mass is 32.1. The van der Waals surface area contributed by atoms with Crippen LogP contribution in [0.2, 0.25) is 0 Å². The van der Waals surface area contributed by atoms with E-state index in [-0.39, 0.29) is 12.6 Å². The van der Waals surface area contributed by atoms with E-state index in [9.17, 15) is 4.79 Å². The van der Waals surface area contributed by atoms with Gasteiger partial charge < -0.3 is 4.74 Å². The predicted octanol–water partition coefficient (Wildman–Crippen LogP) is 4.27. The van der Waals surface area contributed by atoms with Crippen molar-refractivity contribution in [3.8, 4) is 0 Å². The molecule has 0 saturated heterocycles. The van der Waals surface area contributed by atoms with Crippen LogP contribution in [0.1, 0.15) is 26.5 Å². The average Bonchev–Trinajstić information content (AvgIpc) is 2.90. The van der Waals surface area contributed by atoms with Gasteiger partial charge in [0.25, 0.3) is 0 Å². The third kappa shape index (κ3) is 2.95. The molecular formula is C17H15NO2S. The number of aryl methyl sites for hydroxylation is 2. The Morgan fingerprint density at radius 3 is 2.71 bits per heavy atom. The van der Waals surface area contributed by atoms with Gasteiger partial charge in [-0.05, 0) is 49.2 Å². The summed E-state index contributed by atoms with van der Waals surface area (Å²) in [4.78, 5) is 16.5. The Kier molecular flexibility index (Phi) is 3.71. The number of fused-ring (bicyclic) bond motifs is 1. The fraction of sp³-hybridized carbons (Fsp3) is 0.176. The van der Waals surface area contributed by atoms with Crippen molar-refractivity contribution in [3.05, 3.63) is 64.2 Å². The number of rotatable bonds is 3. The van der Waals surface area contributed by atoms with Gasteiger partial charge in [-0.15, -0.1) is 11.3 Å². The number of para-hydroxylation sites is 1. The summed E-state index contributed by atoms with van der Waals surface area (Å²) in [5, 5.41) is 0.813. The van der Waals surface area contributed by atoms with Crippen LogP contribution < -0.4 is 0 Å². The molecule has 0 bridgehead atoms. The Bertz CT molecular complexity index is 774. The van der Waals surface area contributed by atoms with Gasteiger partial charge in [-0.2, -0.15) is 0 Å². The Labute approximate surface area is 127 Å². The number of nitrogens with zero attached hydrogens (tertiary/aromatic N) is 1. The van der Waals surface area contributed by atoms with Crippen LogP contribution in [-0.4, -0.2) is 11.0 Å². The van der Waals surface area contributed by atoms with Crippen molar-refractivity contribution in [2.24, 2.45) is 0 Å². The van der Waals surface area contributed by atoms with Crippen LogP contribution in [-0.2, 0) is 11.3 Å². The maximum absolute atomic E-state index is 12.1. The molecule has 0 aliphatic rings. The zero-order valence-electron chi connectivity index (χ0n) is 11.9. The summed E-state index contributed by atoms with van der Waals surface area (Å²) in [7, 11) is 0. The van der Waals surface area contributed by atoms with E-state index in [4.69, 9.17) is 4.74 Å². The van der Waals surface area contributed by atoms with Crippen LogP contribution in [0.4, 0.5) is 0 Å². The second kappa shape index (κ2) is 5.66. The van der Waals surface area contributed by atoms with Crippen molar-refractivity contribution < 1.29 is 9.53 Å². The Hall–Kier alpha value is -2.20. The number of benzene rings is 2. The van der Waals surface area contributed by atoms with E-state index in [1.807, 2.05) is 50.2 Å². The molecule has 0 atom stereocenters. The minimum atomic E-state index is -0.308. The average molecular weight is 297 g/mol. The van der Waals surface area contributed by atoms with E-state index in [0.29, 0.717) is 5.56 Å². The SMILES string of the molecule is Cc1ccc(C(=O)OCc2nc3ccccc3s2)cc1C. The zero-order valence-corrected chi connectivity index (χ0v) is 12.7. The number of hydrogen-bond acceptors (Lipinski definition) is 4. The molecule has 21 heavy (non-hydrogen) atoms. The zero-order chi connectivity index (χ0) is 14.8. The van der Waals surface area contributed by atoms with Crippen LogP contribution >= 0.6 is 11.3 Å². The minimum Gasteiger partial charge on any atom is -0.455 e. The van der Waals surface area contributed by atoms with Gasteiger partial charge in [0.05, 0.1) is 15.8 Å². The van der Waals surface area contributed by atoms with Crippen LogP contribution in [0.3, 0.4) is 0 Å². The highest BCUT2D eigenvalue weighted by molar-refractivity contribution is 7.18. The van der Waals surface area contributed by atoms with Crippen LogP contribution in [0.25, 0.3) is 10.2 Å². The highest BCUT2D eigenvalue weighted by Gasteiger charge is 2.10. The molecule has 3 rings (SSSR count). The van der Waals surface area contributed by atoms with Gasteiger partial charge in [0.1, 0.15) is 11.6 Å². The third-order valence-electron chi connectivity index (χ3n) is 3.41. The molecule has 0 N–H and O–H groups in total. The van der Waals surface area contributed by atoms with E-state index in [1.165, 1.54) is 0 Å². The van der Waals surface area contributed by atoms with Gasteiger partial charge in [0.15, 0.2) is 0 Å². The summed E-state index contributed by atoms with van der Waals surface area (Å²) in [6.45, 7) is 4.22. The first-order valence-electron chi connectivity index (χ1n) is 6.72. The van der Waals surface area contributed by atoms with E-state index in [1.54, 1.807) is 17.4 Å². The number of esters is 1. The molecular weight excluding hydrogens is 282 g/mol. The summed E-state index contributed by atoms with van der Waals surface area (Å²) in [5.74, 6) is -0.308. The molecule has 1 aromatic heterocycles. The normalized spacial score (nSPS) is 10.8. The minimum absolute atomic E-state index is 0.213. The third-order valence-corrected chi connectivity index (χ3v) is 4.42. The first kappa shape index (κ1) is 13.8. The second-order valence-electron chi connectivity index (χ2n) is 4.95. The molecule has 2 aromatic carbocycles. The lowest BCUT2D eigenvalue weighted by atomic mass is 10.1. The Balaban J connectivity index is 1.71. The van der Waals surface area contributed by atoms with Gasteiger partial charge in [-0.25, -0.2) is 9.78 Å². The molecule has 3 aromatic rings. The van der Waals surface area contributed by atoms with Gasteiger partial charge in [0.2, 0.25) is 0 Å². The lowest BCUT2D eigenvalue weighted by Gasteiger charge is -2.05. The van der Waals surface area contributed by atoms with Crippen LogP contribution in [0, 0.1) is 13.8 Å². The molecule has 0 saturated carbocycles. The van der Waals surface area contributed by atoms with Crippen molar-refractivity contribution in [2.45, 2.75) is 20.5 Å². The summed E-state index contributed by atoms with van der Waals surface area (Å²) in [5.41, 5.74) is 3.78. The van der Waals surface area contributed by atoms with Crippen molar-refractivity contribution in [1.29, 1.82) is 0 Å². The maximum Gasteiger partial charge on any atom is 0.338 e. The highest BCUT2D eigenvalue weighted by Crippen LogP contribution is 2.22. The molecule has 0 amide bonds. The molecule has 106 valence electrons. The quantitative estimate of drug-likeness (QED) is 0.678. The molecule has 0 radical (unpaired) electrons. The number of thiazole rings is 1. The van der Waals surface area contributed by atoms with E-state index < -0.39 is 0 Å². The molecule has 0 aliphatic carbocycles. The number of carbonyl (C=O) groups is 1. The number of aromatic nitrogens is 1. The summed E-state index contributed by atoms with van der Waals surface area (Å²) >= 11 is 1.55. The second-order valence-corrected chi connectivity index (χ2v) is 6.07. The molecule has 4 heteroatoms. The number of carbonyl (C=O) groups excluding carboxylic acids is 1. The van der Waals surface area contributed by atoms with Gasteiger partial charge >= 0.3 is 5.97 Å². The fourth-order valence-corrected chi connectivity index (χ4v) is 2.94. The predicted molar refractivity (Wildman–Crippen MR) is 84.7 cm³/mol.